The van der Waals surface area contributed by atoms with Crippen LogP contribution >= 0.6 is 11.3 Å². The molecule has 3 aromatic rings. The lowest BCUT2D eigenvalue weighted by Crippen LogP contribution is -2.58. The molecule has 0 saturated carbocycles. The number of carbonyl (C=O) groups is 7. The number of thiazole rings is 1. The van der Waals surface area contributed by atoms with E-state index in [2.05, 4.69) is 26.3 Å². The van der Waals surface area contributed by atoms with Crippen molar-refractivity contribution in [2.24, 2.45) is 5.41 Å². The lowest BCUT2D eigenvalue weighted by Gasteiger charge is -2.35. The maximum absolute atomic E-state index is 13.9. The number of hydrogen-bond acceptors (Lipinski definition) is 13. The number of ether oxygens (including phenoxy) is 2. The maximum Gasteiger partial charge on any atom is 0.264 e. The van der Waals surface area contributed by atoms with Gasteiger partial charge < -0.3 is 35.4 Å². The third-order valence-electron chi connectivity index (χ3n) is 10.3. The van der Waals surface area contributed by atoms with Crippen LogP contribution in [0, 0.1) is 12.3 Å². The second-order valence-electron chi connectivity index (χ2n) is 15.7. The van der Waals surface area contributed by atoms with Gasteiger partial charge in [-0.05, 0) is 42.0 Å². The van der Waals surface area contributed by atoms with Crippen LogP contribution in [0.4, 0.5) is 5.69 Å². The number of aliphatic hydroxyl groups excluding tert-OH is 1. The van der Waals surface area contributed by atoms with Crippen molar-refractivity contribution >= 4 is 58.4 Å². The number of anilines is 1. The van der Waals surface area contributed by atoms with Crippen molar-refractivity contribution < 1.29 is 48.1 Å². The Morgan fingerprint density at radius 1 is 1.02 bits per heavy atom. The number of nitrogens with zero attached hydrogens (tertiary/aromatic N) is 3. The van der Waals surface area contributed by atoms with E-state index in [0.29, 0.717) is 5.69 Å². The number of rotatable bonds is 16. The van der Waals surface area contributed by atoms with Crippen molar-refractivity contribution in [3.05, 3.63) is 70.4 Å². The van der Waals surface area contributed by atoms with Crippen molar-refractivity contribution in [3.8, 4) is 10.4 Å². The molecule has 1 aromatic heterocycles. The minimum absolute atomic E-state index is 0.0250. The summed E-state index contributed by atoms with van der Waals surface area (Å²) < 4.78 is 11.1. The van der Waals surface area contributed by atoms with Gasteiger partial charge in [0.2, 0.25) is 29.5 Å². The first-order valence-electron chi connectivity index (χ1n) is 19.4. The quantitative estimate of drug-likeness (QED) is 0.103. The highest BCUT2D eigenvalue weighted by Crippen LogP contribution is 2.33. The zero-order valence-corrected chi connectivity index (χ0v) is 34.2. The number of fused-ring (bicyclic) bond motifs is 1. The van der Waals surface area contributed by atoms with Crippen LogP contribution in [-0.4, -0.2) is 125 Å². The molecule has 2 saturated heterocycles. The lowest BCUT2D eigenvalue weighted by atomic mass is 9.85. The molecular formula is C41H49N7O10S. The second-order valence-corrected chi connectivity index (χ2v) is 16.6. The van der Waals surface area contributed by atoms with Crippen molar-refractivity contribution in [1.82, 2.24) is 30.7 Å². The molecular weight excluding hydrogens is 783 g/mol. The third-order valence-corrected chi connectivity index (χ3v) is 11.3. The number of benzene rings is 2. The number of β-amino-alcohol motifs (C(OH)–C–C–N with tert-alkyl or cyclic N) is 1. The molecule has 7 amide bonds. The average Bonchev–Trinajstić information content (AvgIpc) is 3.88. The van der Waals surface area contributed by atoms with Crippen LogP contribution in [0.1, 0.15) is 72.0 Å². The van der Waals surface area contributed by atoms with Gasteiger partial charge in [-0.25, -0.2) is 4.98 Å². The Labute approximate surface area is 345 Å². The standard InChI is InChI=1S/C41H49N7O10S/c1-23-34(59-22-44-23)25-10-8-24(9-11-25)19-43-36(52)30-18-26(49)20-47(30)40(56)35(41(2,3)4)45-32(51)21-58-17-16-57-15-14-42-28-7-5-6-27-33(28)39(55)48(38(27)54)29-12-13-31(50)46-37(29)53/h5-11,22,26,29-30,35,42,49H,12-21H2,1-4H3,(H,43,52)(H,45,51)(H,46,50,53). The molecule has 18 heteroatoms. The van der Waals surface area contributed by atoms with Crippen LogP contribution in [0.15, 0.2) is 48.0 Å². The highest BCUT2D eigenvalue weighted by molar-refractivity contribution is 7.13. The number of imide groups is 2. The summed E-state index contributed by atoms with van der Waals surface area (Å²) in [7, 11) is 0. The predicted molar refractivity (Wildman–Crippen MR) is 215 cm³/mol. The fraction of sp³-hybridized carbons (Fsp3) is 0.463. The molecule has 59 heavy (non-hydrogen) atoms. The summed E-state index contributed by atoms with van der Waals surface area (Å²) in [4.78, 5) is 98.2. The molecule has 0 aliphatic carbocycles. The van der Waals surface area contributed by atoms with E-state index in [4.69, 9.17) is 9.47 Å². The first-order valence-corrected chi connectivity index (χ1v) is 20.3. The van der Waals surface area contributed by atoms with Crippen LogP contribution in [0.5, 0.6) is 0 Å². The lowest BCUT2D eigenvalue weighted by molar-refractivity contribution is -0.144. The van der Waals surface area contributed by atoms with Gasteiger partial charge in [0.1, 0.15) is 24.7 Å². The number of hydrogen-bond donors (Lipinski definition) is 5. The normalized spacial score (nSPS) is 19.7. The summed E-state index contributed by atoms with van der Waals surface area (Å²) in [6, 6.07) is 9.56. The first-order chi connectivity index (χ1) is 28.1. The van der Waals surface area contributed by atoms with Crippen LogP contribution in [0.3, 0.4) is 0 Å². The van der Waals surface area contributed by atoms with Crippen LogP contribution in [-0.2, 0) is 40.0 Å². The molecule has 4 heterocycles. The van der Waals surface area contributed by atoms with E-state index in [-0.39, 0.29) is 76.5 Å². The van der Waals surface area contributed by atoms with Crippen LogP contribution < -0.4 is 21.3 Å². The van der Waals surface area contributed by atoms with Gasteiger partial charge in [0, 0.05) is 38.2 Å². The van der Waals surface area contributed by atoms with Gasteiger partial charge in [-0.1, -0.05) is 51.1 Å². The molecule has 4 unspecified atom stereocenters. The predicted octanol–water partition coefficient (Wildman–Crippen LogP) is 1.77. The number of aliphatic hydroxyl groups is 1. The van der Waals surface area contributed by atoms with Gasteiger partial charge in [0.25, 0.3) is 11.8 Å². The Morgan fingerprint density at radius 3 is 2.46 bits per heavy atom. The fourth-order valence-corrected chi connectivity index (χ4v) is 8.10. The van der Waals surface area contributed by atoms with E-state index in [0.717, 1.165) is 26.6 Å². The topological polar surface area (TPSA) is 226 Å². The van der Waals surface area contributed by atoms with Gasteiger partial charge in [-0.3, -0.25) is 43.8 Å². The molecule has 0 radical (unpaired) electrons. The van der Waals surface area contributed by atoms with Crippen molar-refractivity contribution in [3.63, 3.8) is 0 Å². The highest BCUT2D eigenvalue weighted by atomic mass is 32.1. The molecule has 6 rings (SSSR count). The van der Waals surface area contributed by atoms with Crippen molar-refractivity contribution in [1.29, 1.82) is 0 Å². The number of piperidine rings is 1. The van der Waals surface area contributed by atoms with E-state index in [1.165, 1.54) is 11.0 Å². The van der Waals surface area contributed by atoms with Crippen molar-refractivity contribution in [2.45, 2.75) is 77.7 Å². The highest BCUT2D eigenvalue weighted by Gasteiger charge is 2.46. The second kappa shape index (κ2) is 18.6. The molecule has 314 valence electrons. The van der Waals surface area contributed by atoms with E-state index >= 15 is 0 Å². The minimum atomic E-state index is -1.07. The molecule has 4 atom stereocenters. The van der Waals surface area contributed by atoms with Gasteiger partial charge >= 0.3 is 0 Å². The number of nitrogens with one attached hydrogen (secondary N) is 4. The van der Waals surface area contributed by atoms with Gasteiger partial charge in [0.05, 0.1) is 53.1 Å². The van der Waals surface area contributed by atoms with E-state index in [9.17, 15) is 38.7 Å². The Balaban J connectivity index is 0.925. The third kappa shape index (κ3) is 10.0. The summed E-state index contributed by atoms with van der Waals surface area (Å²) in [5.74, 6) is -3.78. The van der Waals surface area contributed by atoms with Crippen molar-refractivity contribution in [2.75, 3.05) is 44.8 Å². The van der Waals surface area contributed by atoms with E-state index < -0.39 is 71.0 Å². The van der Waals surface area contributed by atoms with E-state index in [1.54, 1.807) is 49.8 Å². The SMILES string of the molecule is Cc1ncsc1-c1ccc(CNC(=O)C2CC(O)CN2C(=O)C(NC(=O)COCCOCCNc2cccc3c2C(=O)N(C2CCC(=O)NC2=O)C3=O)C(C)(C)C)cc1. The number of aryl methyl sites for hydroxylation is 1. The Morgan fingerprint density at radius 2 is 1.76 bits per heavy atom. The maximum atomic E-state index is 13.9. The smallest absolute Gasteiger partial charge is 0.264 e. The zero-order chi connectivity index (χ0) is 42.4. The molecule has 17 nitrogen and oxygen atoms in total. The molecule has 2 aromatic carbocycles. The summed E-state index contributed by atoms with van der Waals surface area (Å²) in [6.07, 6.45) is -0.749. The molecule has 3 aliphatic rings. The van der Waals surface area contributed by atoms with Gasteiger partial charge in [-0.15, -0.1) is 11.3 Å². The largest absolute Gasteiger partial charge is 0.391 e. The number of aromatic nitrogens is 1. The molecule has 2 fully saturated rings. The molecule has 3 aliphatic heterocycles. The van der Waals surface area contributed by atoms with Gasteiger partial charge in [0.15, 0.2) is 0 Å². The molecule has 0 bridgehead atoms. The summed E-state index contributed by atoms with van der Waals surface area (Å²) in [5, 5.41) is 21.4. The number of carbonyl (C=O) groups excluding carboxylic acids is 7. The minimum Gasteiger partial charge on any atom is -0.391 e. The van der Waals surface area contributed by atoms with Gasteiger partial charge in [-0.2, -0.15) is 0 Å². The first kappa shape index (κ1) is 43.0. The number of likely N-dealkylation sites (tertiary alicyclic amines) is 1. The van der Waals surface area contributed by atoms with E-state index in [1.807, 2.05) is 31.2 Å². The average molecular weight is 832 g/mol. The Hall–Kier alpha value is -5.56. The number of amides is 7. The Kier molecular flexibility index (Phi) is 13.5. The Bertz CT molecular complexity index is 2100. The summed E-state index contributed by atoms with van der Waals surface area (Å²) in [5.41, 5.74) is 4.61. The summed E-state index contributed by atoms with van der Waals surface area (Å²) >= 11 is 1.56. The van der Waals surface area contributed by atoms with Crippen LogP contribution in [0.25, 0.3) is 10.4 Å². The molecule has 5 N–H and O–H groups in total. The van der Waals surface area contributed by atoms with Crippen LogP contribution in [0.2, 0.25) is 0 Å². The summed E-state index contributed by atoms with van der Waals surface area (Å²) in [6.45, 7) is 7.80. The monoisotopic (exact) mass is 831 g/mol. The zero-order valence-electron chi connectivity index (χ0n) is 33.4. The molecule has 0 spiro atoms. The fourth-order valence-electron chi connectivity index (χ4n) is 7.29.